The summed E-state index contributed by atoms with van der Waals surface area (Å²) in [5.41, 5.74) is 4.84. The second kappa shape index (κ2) is 7.75. The summed E-state index contributed by atoms with van der Waals surface area (Å²) in [5.74, 6) is 0.168. The van der Waals surface area contributed by atoms with Gasteiger partial charge in [-0.1, -0.05) is 48.0 Å². The summed E-state index contributed by atoms with van der Waals surface area (Å²) >= 11 is 6.24. The molecular weight excluding hydrogens is 411 g/mol. The highest BCUT2D eigenvalue weighted by Gasteiger charge is 2.12. The van der Waals surface area contributed by atoms with Gasteiger partial charge >= 0.3 is 0 Å². The number of nitrogens with one attached hydrogen (secondary N) is 1. The maximum absolute atomic E-state index is 13.4. The first kappa shape index (κ1) is 19.1. The summed E-state index contributed by atoms with van der Waals surface area (Å²) in [6.45, 7) is 0.486. The normalized spacial score (nSPS) is 11.8. The van der Waals surface area contributed by atoms with Crippen LogP contribution in [0.4, 0.5) is 4.39 Å². The third kappa shape index (κ3) is 3.58. The number of para-hydroxylation sites is 3. The van der Waals surface area contributed by atoms with Crippen molar-refractivity contribution >= 4 is 45.2 Å². The summed E-state index contributed by atoms with van der Waals surface area (Å²) in [5, 5.41) is 11.2. The number of nitrogens with zero attached hydrogens (tertiary/aromatic N) is 3. The number of imidazole rings is 1. The van der Waals surface area contributed by atoms with E-state index in [2.05, 4.69) is 16.0 Å². The van der Waals surface area contributed by atoms with E-state index in [4.69, 9.17) is 11.6 Å². The quantitative estimate of drug-likeness (QED) is 0.337. The molecule has 5 rings (SSSR count). The van der Waals surface area contributed by atoms with Gasteiger partial charge in [-0.05, 0) is 42.0 Å². The monoisotopic (exact) mass is 426 g/mol. The molecule has 0 fully saturated rings. The van der Waals surface area contributed by atoms with E-state index in [0.29, 0.717) is 23.0 Å². The Balaban J connectivity index is 1.60. The van der Waals surface area contributed by atoms with Gasteiger partial charge in [0, 0.05) is 34.2 Å². The largest absolute Gasteiger partial charge is 0.342 e. The van der Waals surface area contributed by atoms with E-state index in [1.807, 2.05) is 65.4 Å². The van der Waals surface area contributed by atoms with Gasteiger partial charge in [0.2, 0.25) is 0 Å². The van der Waals surface area contributed by atoms with Crippen molar-refractivity contribution in [3.63, 3.8) is 0 Å². The molecule has 3 aromatic carbocycles. The highest BCUT2D eigenvalue weighted by atomic mass is 35.5. The molecule has 0 aliphatic heterocycles. The molecule has 6 heteroatoms. The van der Waals surface area contributed by atoms with Gasteiger partial charge in [-0.3, -0.25) is 0 Å². The van der Waals surface area contributed by atoms with Crippen LogP contribution in [0.3, 0.4) is 0 Å². The Bertz CT molecular complexity index is 1470. The molecule has 1 N–H and O–H groups in total. The number of aromatic amines is 1. The molecule has 0 unspecified atom stereocenters. The van der Waals surface area contributed by atoms with Crippen LogP contribution in [0.5, 0.6) is 0 Å². The van der Waals surface area contributed by atoms with Gasteiger partial charge in [-0.15, -0.1) is 0 Å². The lowest BCUT2D eigenvalue weighted by Gasteiger charge is -2.07. The molecule has 0 spiro atoms. The van der Waals surface area contributed by atoms with E-state index in [0.717, 1.165) is 33.1 Å². The number of aromatic nitrogens is 3. The van der Waals surface area contributed by atoms with Crippen LogP contribution in [0.15, 0.2) is 72.9 Å². The highest BCUT2D eigenvalue weighted by Crippen LogP contribution is 2.28. The summed E-state index contributed by atoms with van der Waals surface area (Å²) in [4.78, 5) is 7.76. The Hall–Kier alpha value is -3.88. The van der Waals surface area contributed by atoms with Crippen LogP contribution in [-0.4, -0.2) is 14.5 Å². The molecule has 2 aromatic heterocycles. The molecule has 0 amide bonds. The molecule has 0 bridgehead atoms. The van der Waals surface area contributed by atoms with Crippen LogP contribution in [-0.2, 0) is 6.54 Å². The van der Waals surface area contributed by atoms with E-state index in [1.165, 1.54) is 12.1 Å². The lowest BCUT2D eigenvalue weighted by atomic mass is 10.1. The molecule has 150 valence electrons. The van der Waals surface area contributed by atoms with E-state index in [9.17, 15) is 9.65 Å². The van der Waals surface area contributed by atoms with Crippen molar-refractivity contribution < 1.29 is 4.39 Å². The minimum absolute atomic E-state index is 0.362. The van der Waals surface area contributed by atoms with Crippen molar-refractivity contribution in [1.29, 1.82) is 5.26 Å². The Morgan fingerprint density at radius 2 is 1.94 bits per heavy atom. The minimum Gasteiger partial charge on any atom is -0.342 e. The number of hydrogen-bond donors (Lipinski definition) is 1. The van der Waals surface area contributed by atoms with Gasteiger partial charge in [-0.25, -0.2) is 9.37 Å². The molecule has 0 aliphatic carbocycles. The molecule has 2 heterocycles. The lowest BCUT2D eigenvalue weighted by molar-refractivity contribution is 0.626. The molecule has 0 atom stereocenters. The third-order valence-corrected chi connectivity index (χ3v) is 5.59. The molecule has 0 radical (unpaired) electrons. The van der Waals surface area contributed by atoms with Crippen LogP contribution in [0.1, 0.15) is 17.0 Å². The second-order valence-electron chi connectivity index (χ2n) is 7.24. The van der Waals surface area contributed by atoms with Gasteiger partial charge in [0.05, 0.1) is 16.6 Å². The maximum Gasteiger partial charge on any atom is 0.149 e. The molecular formula is C25H16ClFN4. The van der Waals surface area contributed by atoms with Crippen molar-refractivity contribution in [1.82, 2.24) is 14.5 Å². The van der Waals surface area contributed by atoms with E-state index in [-0.39, 0.29) is 5.82 Å². The average molecular weight is 427 g/mol. The SMILES string of the molecule is N#C/C(=C/c1cn(Cc2ccc(F)cc2Cl)c2ccccc12)c1nc2ccccc2[nH]1. The Morgan fingerprint density at radius 3 is 2.74 bits per heavy atom. The third-order valence-electron chi connectivity index (χ3n) is 5.24. The lowest BCUT2D eigenvalue weighted by Crippen LogP contribution is -1.99. The predicted octanol–water partition coefficient (Wildman–Crippen LogP) is 6.42. The smallest absolute Gasteiger partial charge is 0.149 e. The fraction of sp³-hybridized carbons (Fsp3) is 0.0400. The first-order chi connectivity index (χ1) is 15.1. The van der Waals surface area contributed by atoms with Gasteiger partial charge < -0.3 is 9.55 Å². The first-order valence-electron chi connectivity index (χ1n) is 9.71. The van der Waals surface area contributed by atoms with Crippen molar-refractivity contribution in [2.24, 2.45) is 0 Å². The number of hydrogen-bond acceptors (Lipinski definition) is 2. The number of benzene rings is 3. The summed E-state index contributed by atoms with van der Waals surface area (Å²) in [7, 11) is 0. The molecule has 5 aromatic rings. The number of rotatable bonds is 4. The van der Waals surface area contributed by atoms with Gasteiger partial charge in [0.15, 0.2) is 0 Å². The van der Waals surface area contributed by atoms with E-state index < -0.39 is 0 Å². The molecule has 4 nitrogen and oxygen atoms in total. The van der Waals surface area contributed by atoms with Crippen molar-refractivity contribution in [3.8, 4) is 6.07 Å². The van der Waals surface area contributed by atoms with Crippen LogP contribution in [0.25, 0.3) is 33.6 Å². The molecule has 31 heavy (non-hydrogen) atoms. The van der Waals surface area contributed by atoms with Crippen LogP contribution in [0, 0.1) is 17.1 Å². The average Bonchev–Trinajstić information content (AvgIpc) is 3.36. The number of nitriles is 1. The minimum atomic E-state index is -0.362. The Morgan fingerprint density at radius 1 is 1.13 bits per heavy atom. The Labute approximate surface area is 182 Å². The van der Waals surface area contributed by atoms with Gasteiger partial charge in [0.25, 0.3) is 0 Å². The summed E-state index contributed by atoms with van der Waals surface area (Å²) in [6.07, 6.45) is 3.81. The predicted molar refractivity (Wildman–Crippen MR) is 122 cm³/mol. The van der Waals surface area contributed by atoms with Crippen molar-refractivity contribution in [2.45, 2.75) is 6.54 Å². The fourth-order valence-corrected chi connectivity index (χ4v) is 3.97. The summed E-state index contributed by atoms with van der Waals surface area (Å²) < 4.78 is 15.5. The zero-order valence-electron chi connectivity index (χ0n) is 16.3. The van der Waals surface area contributed by atoms with Crippen LogP contribution < -0.4 is 0 Å². The zero-order valence-corrected chi connectivity index (χ0v) is 17.1. The number of H-pyrrole nitrogens is 1. The van der Waals surface area contributed by atoms with E-state index >= 15 is 0 Å². The molecule has 0 saturated heterocycles. The van der Waals surface area contributed by atoms with E-state index in [1.54, 1.807) is 6.07 Å². The van der Waals surface area contributed by atoms with Crippen molar-refractivity contribution in [2.75, 3.05) is 0 Å². The standard InChI is InChI=1S/C25H16ClFN4/c26-21-12-19(27)10-9-16(21)14-31-15-18(20-5-1-4-8-24(20)31)11-17(13-28)25-29-22-6-2-3-7-23(22)30-25/h1-12,15H,14H2,(H,29,30)/b17-11-. The van der Waals surface area contributed by atoms with Crippen LogP contribution >= 0.6 is 11.6 Å². The molecule has 0 aliphatic rings. The van der Waals surface area contributed by atoms with Gasteiger partial charge in [-0.2, -0.15) is 5.26 Å². The topological polar surface area (TPSA) is 57.4 Å². The first-order valence-corrected chi connectivity index (χ1v) is 10.1. The number of fused-ring (bicyclic) bond motifs is 2. The number of halogens is 2. The number of allylic oxidation sites excluding steroid dienone is 1. The van der Waals surface area contributed by atoms with Gasteiger partial charge in [0.1, 0.15) is 17.7 Å². The second-order valence-corrected chi connectivity index (χ2v) is 7.64. The zero-order chi connectivity index (χ0) is 21.4. The van der Waals surface area contributed by atoms with Crippen LogP contribution in [0.2, 0.25) is 5.02 Å². The molecule has 0 saturated carbocycles. The highest BCUT2D eigenvalue weighted by molar-refractivity contribution is 6.31. The Kier molecular flexibility index (Phi) is 4.78. The fourth-order valence-electron chi connectivity index (χ4n) is 3.74. The summed E-state index contributed by atoms with van der Waals surface area (Å²) in [6, 6.07) is 22.3. The van der Waals surface area contributed by atoms with Crippen molar-refractivity contribution in [3.05, 3.63) is 101 Å². The maximum atomic E-state index is 13.4.